The molecular formula is C14H15F3O3. The van der Waals surface area contributed by atoms with E-state index in [-0.39, 0.29) is 6.08 Å². The number of allylic oxidation sites excluding steroid dienone is 1. The van der Waals surface area contributed by atoms with E-state index in [1.54, 1.807) is 37.3 Å². The molecule has 2 atom stereocenters. The average molecular weight is 288 g/mol. The second kappa shape index (κ2) is 7.09. The number of rotatable bonds is 6. The molecule has 1 aromatic rings. The number of carbonyl (C=O) groups is 1. The molecule has 110 valence electrons. The van der Waals surface area contributed by atoms with Crippen molar-refractivity contribution in [2.45, 2.75) is 25.1 Å². The van der Waals surface area contributed by atoms with Crippen molar-refractivity contribution in [2.24, 2.45) is 0 Å². The van der Waals surface area contributed by atoms with Crippen LogP contribution in [-0.4, -0.2) is 30.0 Å². The Morgan fingerprint density at radius 2 is 1.95 bits per heavy atom. The zero-order valence-electron chi connectivity index (χ0n) is 10.8. The van der Waals surface area contributed by atoms with E-state index in [4.69, 9.17) is 9.84 Å². The zero-order chi connectivity index (χ0) is 15.2. The second-order valence-corrected chi connectivity index (χ2v) is 4.27. The minimum Gasteiger partial charge on any atom is -0.480 e. The van der Waals surface area contributed by atoms with E-state index in [0.29, 0.717) is 0 Å². The van der Waals surface area contributed by atoms with Crippen LogP contribution >= 0.6 is 0 Å². The van der Waals surface area contributed by atoms with Gasteiger partial charge in [0, 0.05) is 12.0 Å². The normalized spacial score (nSPS) is 15.2. The first-order valence-corrected chi connectivity index (χ1v) is 5.94. The van der Waals surface area contributed by atoms with Gasteiger partial charge in [0.2, 0.25) is 0 Å². The molecule has 0 aliphatic heterocycles. The first-order valence-electron chi connectivity index (χ1n) is 5.94. The Balaban J connectivity index is 2.86. The molecule has 1 aromatic carbocycles. The maximum Gasteiger partial charge on any atom is 0.409 e. The number of hydrogen-bond acceptors (Lipinski definition) is 2. The third-order valence-corrected chi connectivity index (χ3v) is 2.69. The highest BCUT2D eigenvalue weighted by Crippen LogP contribution is 2.24. The molecule has 1 N–H and O–H groups in total. The number of halogens is 3. The van der Waals surface area contributed by atoms with Crippen LogP contribution in [0.1, 0.15) is 18.4 Å². The Bertz CT molecular complexity index is 454. The summed E-state index contributed by atoms with van der Waals surface area (Å²) in [6.45, 7) is 1.03. The molecule has 0 aliphatic carbocycles. The lowest BCUT2D eigenvalue weighted by molar-refractivity contribution is -0.143. The number of ether oxygens (including phenoxy) is 1. The van der Waals surface area contributed by atoms with Gasteiger partial charge in [-0.25, -0.2) is 4.79 Å². The molecule has 0 fully saturated rings. The molecule has 0 saturated carbocycles. The van der Waals surface area contributed by atoms with Gasteiger partial charge in [0.05, 0.1) is 6.10 Å². The standard InChI is InChI=1S/C14H15F3O3/c1-10(11-5-3-2-4-6-11)12(20-9-13(18)19)7-8-14(15,16)17/h2-8,10,12H,9H2,1H3,(H,18,19)/b8-7-. The molecule has 0 heterocycles. The number of benzene rings is 1. The lowest BCUT2D eigenvalue weighted by Gasteiger charge is -2.21. The number of aliphatic carboxylic acids is 1. The van der Waals surface area contributed by atoms with E-state index in [1.807, 2.05) is 0 Å². The summed E-state index contributed by atoms with van der Waals surface area (Å²) in [7, 11) is 0. The summed E-state index contributed by atoms with van der Waals surface area (Å²) in [6, 6.07) is 8.81. The predicted octanol–water partition coefficient (Wildman–Crippen LogP) is 3.38. The summed E-state index contributed by atoms with van der Waals surface area (Å²) < 4.78 is 41.7. The molecule has 0 bridgehead atoms. The maximum atomic E-state index is 12.2. The number of carboxylic acids is 1. The average Bonchev–Trinajstić information content (AvgIpc) is 2.37. The highest BCUT2D eigenvalue weighted by Gasteiger charge is 2.25. The Morgan fingerprint density at radius 3 is 2.45 bits per heavy atom. The topological polar surface area (TPSA) is 46.5 Å². The second-order valence-electron chi connectivity index (χ2n) is 4.27. The molecule has 0 amide bonds. The number of alkyl halides is 3. The molecule has 0 saturated heterocycles. The third kappa shape index (κ3) is 5.88. The maximum absolute atomic E-state index is 12.2. The molecule has 20 heavy (non-hydrogen) atoms. The van der Waals surface area contributed by atoms with Crippen LogP contribution in [0.25, 0.3) is 0 Å². The van der Waals surface area contributed by atoms with Crippen LogP contribution in [-0.2, 0) is 9.53 Å². The predicted molar refractivity (Wildman–Crippen MR) is 67.4 cm³/mol. The molecular weight excluding hydrogens is 273 g/mol. The van der Waals surface area contributed by atoms with Gasteiger partial charge in [-0.1, -0.05) is 43.3 Å². The van der Waals surface area contributed by atoms with Gasteiger partial charge in [-0.3, -0.25) is 0 Å². The van der Waals surface area contributed by atoms with E-state index >= 15 is 0 Å². The van der Waals surface area contributed by atoms with Crippen molar-refractivity contribution in [3.8, 4) is 0 Å². The van der Waals surface area contributed by atoms with E-state index in [0.717, 1.165) is 11.6 Å². The van der Waals surface area contributed by atoms with Crippen LogP contribution in [0.4, 0.5) is 13.2 Å². The fourth-order valence-electron chi connectivity index (χ4n) is 1.68. The SMILES string of the molecule is CC(c1ccccc1)C(/C=C\C(F)(F)F)OCC(=O)O. The van der Waals surface area contributed by atoms with Crippen molar-refractivity contribution >= 4 is 5.97 Å². The quantitative estimate of drug-likeness (QED) is 0.816. The summed E-state index contributed by atoms with van der Waals surface area (Å²) in [6.07, 6.45) is -4.50. The zero-order valence-corrected chi connectivity index (χ0v) is 10.8. The summed E-state index contributed by atoms with van der Waals surface area (Å²) in [5, 5.41) is 8.57. The molecule has 2 unspecified atom stereocenters. The van der Waals surface area contributed by atoms with E-state index in [2.05, 4.69) is 0 Å². The van der Waals surface area contributed by atoms with Crippen molar-refractivity contribution in [2.75, 3.05) is 6.61 Å². The van der Waals surface area contributed by atoms with E-state index < -0.39 is 30.8 Å². The van der Waals surface area contributed by atoms with Crippen molar-refractivity contribution in [1.29, 1.82) is 0 Å². The van der Waals surface area contributed by atoms with Gasteiger partial charge < -0.3 is 9.84 Å². The van der Waals surface area contributed by atoms with Crippen LogP contribution in [0.3, 0.4) is 0 Å². The number of carboxylic acid groups (broad SMARTS) is 1. The van der Waals surface area contributed by atoms with Gasteiger partial charge >= 0.3 is 12.1 Å². The first-order chi connectivity index (χ1) is 9.29. The fourth-order valence-corrected chi connectivity index (χ4v) is 1.68. The minimum atomic E-state index is -4.46. The van der Waals surface area contributed by atoms with E-state index in [9.17, 15) is 18.0 Å². The van der Waals surface area contributed by atoms with Crippen molar-refractivity contribution < 1.29 is 27.8 Å². The van der Waals surface area contributed by atoms with Crippen LogP contribution in [0, 0.1) is 0 Å². The first kappa shape index (κ1) is 16.2. The van der Waals surface area contributed by atoms with Crippen LogP contribution in [0.2, 0.25) is 0 Å². The Kier molecular flexibility index (Phi) is 5.76. The van der Waals surface area contributed by atoms with Gasteiger partial charge in [0.15, 0.2) is 0 Å². The molecule has 0 spiro atoms. The van der Waals surface area contributed by atoms with Gasteiger partial charge in [-0.05, 0) is 5.56 Å². The Hall–Kier alpha value is -1.82. The van der Waals surface area contributed by atoms with Gasteiger partial charge in [-0.15, -0.1) is 0 Å². The van der Waals surface area contributed by atoms with Crippen molar-refractivity contribution in [3.05, 3.63) is 48.0 Å². The summed E-state index contributed by atoms with van der Waals surface area (Å²) in [4.78, 5) is 10.5. The molecule has 0 aromatic heterocycles. The fraction of sp³-hybridized carbons (Fsp3) is 0.357. The third-order valence-electron chi connectivity index (χ3n) is 2.69. The molecule has 1 rings (SSSR count). The van der Waals surface area contributed by atoms with Crippen LogP contribution < -0.4 is 0 Å². The summed E-state index contributed by atoms with van der Waals surface area (Å²) >= 11 is 0. The Labute approximate surface area is 114 Å². The van der Waals surface area contributed by atoms with Crippen molar-refractivity contribution in [3.63, 3.8) is 0 Å². The lowest BCUT2D eigenvalue weighted by atomic mass is 9.95. The van der Waals surface area contributed by atoms with Crippen LogP contribution in [0.5, 0.6) is 0 Å². The van der Waals surface area contributed by atoms with Gasteiger partial charge in [-0.2, -0.15) is 13.2 Å². The molecule has 6 heteroatoms. The van der Waals surface area contributed by atoms with Gasteiger partial charge in [0.25, 0.3) is 0 Å². The number of hydrogen-bond donors (Lipinski definition) is 1. The molecule has 0 radical (unpaired) electrons. The molecule has 3 nitrogen and oxygen atoms in total. The summed E-state index contributed by atoms with van der Waals surface area (Å²) in [5.74, 6) is -1.62. The van der Waals surface area contributed by atoms with Gasteiger partial charge in [0.1, 0.15) is 6.61 Å². The van der Waals surface area contributed by atoms with Crippen LogP contribution in [0.15, 0.2) is 42.5 Å². The minimum absolute atomic E-state index is 0.0684. The largest absolute Gasteiger partial charge is 0.480 e. The Morgan fingerprint density at radius 1 is 1.35 bits per heavy atom. The smallest absolute Gasteiger partial charge is 0.409 e. The molecule has 0 aliphatic rings. The monoisotopic (exact) mass is 288 g/mol. The van der Waals surface area contributed by atoms with Crippen molar-refractivity contribution in [1.82, 2.24) is 0 Å². The highest BCUT2D eigenvalue weighted by atomic mass is 19.4. The van der Waals surface area contributed by atoms with E-state index in [1.165, 1.54) is 0 Å². The lowest BCUT2D eigenvalue weighted by Crippen LogP contribution is -2.22. The highest BCUT2D eigenvalue weighted by molar-refractivity contribution is 5.68. The summed E-state index contributed by atoms with van der Waals surface area (Å²) in [5.41, 5.74) is 0.773.